The summed E-state index contributed by atoms with van der Waals surface area (Å²) >= 11 is 6.04. The summed E-state index contributed by atoms with van der Waals surface area (Å²) in [4.78, 5) is 14.8. The third kappa shape index (κ3) is 2.37. The second-order valence-corrected chi connectivity index (χ2v) is 6.04. The number of carbonyl (C=O) groups excluding carboxylic acids is 1. The molecular weight excluding hydrogens is 260 g/mol. The normalized spacial score (nSPS) is 27.8. The van der Waals surface area contributed by atoms with Gasteiger partial charge >= 0.3 is 0 Å². The van der Waals surface area contributed by atoms with Crippen molar-refractivity contribution in [3.63, 3.8) is 0 Å². The first-order chi connectivity index (χ1) is 9.21. The van der Waals surface area contributed by atoms with Crippen LogP contribution in [0.15, 0.2) is 24.3 Å². The molecule has 0 radical (unpaired) electrons. The Balaban J connectivity index is 1.88. The Bertz CT molecular complexity index is 477. The van der Waals surface area contributed by atoms with Gasteiger partial charge in [0.05, 0.1) is 5.41 Å². The van der Waals surface area contributed by atoms with Crippen LogP contribution in [0.25, 0.3) is 0 Å². The number of halogens is 1. The highest BCUT2D eigenvalue weighted by Gasteiger charge is 2.44. The minimum atomic E-state index is -0.182. The summed E-state index contributed by atoms with van der Waals surface area (Å²) in [6.45, 7) is 2.66. The molecule has 0 bridgehead atoms. The Kier molecular flexibility index (Phi) is 3.50. The molecule has 3 rings (SSSR count). The van der Waals surface area contributed by atoms with E-state index in [1.807, 2.05) is 29.2 Å². The molecule has 1 aromatic carbocycles. The summed E-state index contributed by atoms with van der Waals surface area (Å²) in [6.07, 6.45) is 4.18. The van der Waals surface area contributed by atoms with Crippen LogP contribution in [0.3, 0.4) is 0 Å². The van der Waals surface area contributed by atoms with Gasteiger partial charge in [-0.1, -0.05) is 17.7 Å². The molecule has 4 heteroatoms. The fraction of sp³-hybridized carbons (Fsp3) is 0.533. The molecule has 1 N–H and O–H groups in total. The largest absolute Gasteiger partial charge is 0.316 e. The van der Waals surface area contributed by atoms with E-state index < -0.39 is 0 Å². The van der Waals surface area contributed by atoms with Gasteiger partial charge in [0.1, 0.15) is 0 Å². The monoisotopic (exact) mass is 278 g/mol. The molecule has 1 atom stereocenters. The number of rotatable bonds is 1. The van der Waals surface area contributed by atoms with Crippen molar-refractivity contribution in [2.75, 3.05) is 24.5 Å². The van der Waals surface area contributed by atoms with Gasteiger partial charge in [-0.3, -0.25) is 4.79 Å². The summed E-state index contributed by atoms with van der Waals surface area (Å²) in [5.41, 5.74) is 0.751. The van der Waals surface area contributed by atoms with Gasteiger partial charge in [0.25, 0.3) is 0 Å². The second kappa shape index (κ2) is 5.14. The number of nitrogens with zero attached hydrogens (tertiary/aromatic N) is 1. The number of anilines is 1. The third-order valence-corrected chi connectivity index (χ3v) is 4.56. The molecule has 102 valence electrons. The average Bonchev–Trinajstić information content (AvgIpc) is 2.43. The number of benzene rings is 1. The first kappa shape index (κ1) is 12.9. The highest BCUT2D eigenvalue weighted by atomic mass is 35.5. The zero-order valence-corrected chi connectivity index (χ0v) is 11.7. The highest BCUT2D eigenvalue weighted by molar-refractivity contribution is 6.30. The smallest absolute Gasteiger partial charge is 0.234 e. The van der Waals surface area contributed by atoms with Crippen LogP contribution in [-0.2, 0) is 4.79 Å². The van der Waals surface area contributed by atoms with Gasteiger partial charge in [0, 0.05) is 23.8 Å². The number of hydrogen-bond acceptors (Lipinski definition) is 2. The Labute approximate surface area is 118 Å². The molecule has 2 saturated heterocycles. The van der Waals surface area contributed by atoms with Crippen molar-refractivity contribution in [2.45, 2.75) is 25.7 Å². The second-order valence-electron chi connectivity index (χ2n) is 5.60. The highest BCUT2D eigenvalue weighted by Crippen LogP contribution is 2.39. The molecule has 1 aromatic rings. The minimum Gasteiger partial charge on any atom is -0.316 e. The standard InChI is InChI=1S/C15H19ClN2O/c16-12-4-1-5-13(10-12)18-9-3-7-15(14(18)19)6-2-8-17-11-15/h1,4-5,10,17H,2-3,6-9,11H2. The fourth-order valence-electron chi connectivity index (χ4n) is 3.32. The third-order valence-electron chi connectivity index (χ3n) is 4.33. The zero-order chi connectivity index (χ0) is 13.3. The zero-order valence-electron chi connectivity index (χ0n) is 11.0. The lowest BCUT2D eigenvalue weighted by Gasteiger charge is -2.44. The van der Waals surface area contributed by atoms with E-state index in [1.165, 1.54) is 0 Å². The van der Waals surface area contributed by atoms with Gasteiger partial charge in [0.2, 0.25) is 5.91 Å². The number of amides is 1. The van der Waals surface area contributed by atoms with Crippen molar-refractivity contribution in [2.24, 2.45) is 5.41 Å². The van der Waals surface area contributed by atoms with Crippen LogP contribution in [-0.4, -0.2) is 25.5 Å². The molecule has 0 aromatic heterocycles. The first-order valence-corrected chi connectivity index (χ1v) is 7.37. The summed E-state index contributed by atoms with van der Waals surface area (Å²) < 4.78 is 0. The molecular formula is C15H19ClN2O. The van der Waals surface area contributed by atoms with E-state index in [1.54, 1.807) is 0 Å². The topological polar surface area (TPSA) is 32.3 Å². The van der Waals surface area contributed by atoms with E-state index in [2.05, 4.69) is 5.32 Å². The Morgan fingerprint density at radius 2 is 2.11 bits per heavy atom. The number of piperidine rings is 2. The maximum atomic E-state index is 12.9. The molecule has 1 amide bonds. The fourth-order valence-corrected chi connectivity index (χ4v) is 3.51. The molecule has 3 nitrogen and oxygen atoms in total. The minimum absolute atomic E-state index is 0.182. The molecule has 1 spiro atoms. The molecule has 2 aliphatic rings. The van der Waals surface area contributed by atoms with E-state index in [0.29, 0.717) is 5.02 Å². The Morgan fingerprint density at radius 3 is 2.84 bits per heavy atom. The molecule has 1 unspecified atom stereocenters. The molecule has 2 aliphatic heterocycles. The van der Waals surface area contributed by atoms with Crippen LogP contribution in [0.5, 0.6) is 0 Å². The van der Waals surface area contributed by atoms with Gasteiger partial charge in [-0.25, -0.2) is 0 Å². The quantitative estimate of drug-likeness (QED) is 0.857. The first-order valence-electron chi connectivity index (χ1n) is 7.00. The summed E-state index contributed by atoms with van der Waals surface area (Å²) in [5.74, 6) is 0.271. The van der Waals surface area contributed by atoms with Crippen molar-refractivity contribution < 1.29 is 4.79 Å². The number of carbonyl (C=O) groups is 1. The van der Waals surface area contributed by atoms with Gasteiger partial charge in [0.15, 0.2) is 0 Å². The summed E-state index contributed by atoms with van der Waals surface area (Å²) in [7, 11) is 0. The number of nitrogens with one attached hydrogen (secondary N) is 1. The summed E-state index contributed by atoms with van der Waals surface area (Å²) in [6, 6.07) is 7.61. The van der Waals surface area contributed by atoms with Crippen LogP contribution >= 0.6 is 11.6 Å². The van der Waals surface area contributed by atoms with Gasteiger partial charge in [-0.15, -0.1) is 0 Å². The van der Waals surface area contributed by atoms with E-state index in [4.69, 9.17) is 11.6 Å². The lowest BCUT2D eigenvalue weighted by Crippen LogP contribution is -2.55. The molecule has 19 heavy (non-hydrogen) atoms. The van der Waals surface area contributed by atoms with Crippen molar-refractivity contribution in [3.05, 3.63) is 29.3 Å². The Morgan fingerprint density at radius 1 is 1.26 bits per heavy atom. The van der Waals surface area contributed by atoms with Crippen molar-refractivity contribution in [3.8, 4) is 0 Å². The molecule has 0 saturated carbocycles. The average molecular weight is 279 g/mol. The van der Waals surface area contributed by atoms with Crippen LogP contribution in [0.2, 0.25) is 5.02 Å². The predicted octanol–water partition coefficient (Wildman–Crippen LogP) is 2.84. The Hall–Kier alpha value is -1.06. The van der Waals surface area contributed by atoms with Crippen molar-refractivity contribution >= 4 is 23.2 Å². The van der Waals surface area contributed by atoms with Crippen LogP contribution in [0.4, 0.5) is 5.69 Å². The van der Waals surface area contributed by atoms with Gasteiger partial charge in [-0.05, 0) is 50.4 Å². The van der Waals surface area contributed by atoms with Crippen LogP contribution < -0.4 is 10.2 Å². The van der Waals surface area contributed by atoms with Gasteiger partial charge in [-0.2, -0.15) is 0 Å². The van der Waals surface area contributed by atoms with E-state index >= 15 is 0 Å². The summed E-state index contributed by atoms with van der Waals surface area (Å²) in [5, 5.41) is 4.07. The number of hydrogen-bond donors (Lipinski definition) is 1. The lowest BCUT2D eigenvalue weighted by atomic mass is 9.73. The predicted molar refractivity (Wildman–Crippen MR) is 77.6 cm³/mol. The van der Waals surface area contributed by atoms with E-state index in [0.717, 1.165) is 51.0 Å². The molecule has 2 fully saturated rings. The van der Waals surface area contributed by atoms with Gasteiger partial charge < -0.3 is 10.2 Å². The lowest BCUT2D eigenvalue weighted by molar-refractivity contribution is -0.131. The maximum Gasteiger partial charge on any atom is 0.234 e. The van der Waals surface area contributed by atoms with Crippen molar-refractivity contribution in [1.82, 2.24) is 5.32 Å². The van der Waals surface area contributed by atoms with E-state index in [-0.39, 0.29) is 11.3 Å². The van der Waals surface area contributed by atoms with Crippen LogP contribution in [0, 0.1) is 5.41 Å². The maximum absolute atomic E-state index is 12.9. The molecule has 2 heterocycles. The molecule has 0 aliphatic carbocycles. The van der Waals surface area contributed by atoms with Crippen molar-refractivity contribution in [1.29, 1.82) is 0 Å². The van der Waals surface area contributed by atoms with E-state index in [9.17, 15) is 4.79 Å². The SMILES string of the molecule is O=C1N(c2cccc(Cl)c2)CCCC12CCCNC2. The van der Waals surface area contributed by atoms with Crippen LogP contribution in [0.1, 0.15) is 25.7 Å².